The summed E-state index contributed by atoms with van der Waals surface area (Å²) in [7, 11) is 0. The number of rotatable bonds is 5. The van der Waals surface area contributed by atoms with E-state index in [-0.39, 0.29) is 19.3 Å². The molecule has 0 aromatic carbocycles. The summed E-state index contributed by atoms with van der Waals surface area (Å²) in [5, 5.41) is 20.8. The van der Waals surface area contributed by atoms with Gasteiger partial charge in [-0.15, -0.1) is 0 Å². The van der Waals surface area contributed by atoms with Crippen molar-refractivity contribution in [2.24, 2.45) is 5.92 Å². The van der Waals surface area contributed by atoms with Crippen LogP contribution in [0.3, 0.4) is 0 Å². The average Bonchev–Trinajstić information content (AvgIpc) is 2.21. The Morgan fingerprint density at radius 2 is 2.08 bits per heavy atom. The maximum Gasteiger partial charge on any atom is 0.0607 e. The molecule has 1 aliphatic rings. The molecule has 3 heteroatoms. The maximum atomic E-state index is 8.82. The number of aliphatic hydroxyl groups excluding tert-OH is 2. The van der Waals surface area contributed by atoms with Gasteiger partial charge in [-0.1, -0.05) is 12.2 Å². The van der Waals surface area contributed by atoms with E-state index < -0.39 is 0 Å². The number of hydrogen-bond donors (Lipinski definition) is 3. The lowest BCUT2D eigenvalue weighted by Crippen LogP contribution is -2.38. The molecule has 1 atom stereocenters. The third-order valence-corrected chi connectivity index (χ3v) is 2.51. The summed E-state index contributed by atoms with van der Waals surface area (Å²) >= 11 is 0. The van der Waals surface area contributed by atoms with Gasteiger partial charge in [0.25, 0.3) is 0 Å². The van der Waals surface area contributed by atoms with Crippen LogP contribution in [-0.4, -0.2) is 36.0 Å². The van der Waals surface area contributed by atoms with E-state index in [0.29, 0.717) is 5.92 Å². The van der Waals surface area contributed by atoms with Crippen LogP contribution < -0.4 is 5.32 Å². The molecule has 0 unspecified atom stereocenters. The van der Waals surface area contributed by atoms with Gasteiger partial charge in [-0.3, -0.25) is 0 Å². The molecule has 0 spiro atoms. The van der Waals surface area contributed by atoms with E-state index in [4.69, 9.17) is 10.2 Å². The van der Waals surface area contributed by atoms with Crippen LogP contribution in [0.4, 0.5) is 0 Å². The molecule has 0 radical (unpaired) electrons. The lowest BCUT2D eigenvalue weighted by Gasteiger charge is -2.21. The molecule has 3 N–H and O–H groups in total. The summed E-state index contributed by atoms with van der Waals surface area (Å²) in [6, 6.07) is -0.147. The number of allylic oxidation sites excluding steroid dienone is 2. The molecule has 0 heterocycles. The van der Waals surface area contributed by atoms with Gasteiger partial charge in [-0.25, -0.2) is 0 Å². The Bertz CT molecular complexity index is 155. The monoisotopic (exact) mass is 185 g/mol. The first-order chi connectivity index (χ1) is 6.36. The van der Waals surface area contributed by atoms with Gasteiger partial charge in [0.05, 0.1) is 19.3 Å². The van der Waals surface area contributed by atoms with E-state index in [2.05, 4.69) is 17.5 Å². The SMILES string of the molecule is OCC(CO)NC[C@@H]1CC=CCC1. The van der Waals surface area contributed by atoms with Crippen LogP contribution in [0.15, 0.2) is 12.2 Å². The summed E-state index contributed by atoms with van der Waals surface area (Å²) in [5.74, 6) is 0.672. The lowest BCUT2D eigenvalue weighted by molar-refractivity contribution is 0.166. The Morgan fingerprint density at radius 3 is 2.62 bits per heavy atom. The molecule has 0 bridgehead atoms. The highest BCUT2D eigenvalue weighted by molar-refractivity contribution is 4.90. The standard InChI is InChI=1S/C10H19NO2/c12-7-10(8-13)11-6-9-4-2-1-3-5-9/h1-2,9-13H,3-8H2/t9-/m1/s1. The predicted molar refractivity (Wildman–Crippen MR) is 52.4 cm³/mol. The minimum atomic E-state index is -0.147. The highest BCUT2D eigenvalue weighted by atomic mass is 16.3. The van der Waals surface area contributed by atoms with Gasteiger partial charge >= 0.3 is 0 Å². The van der Waals surface area contributed by atoms with Crippen LogP contribution in [0, 0.1) is 5.92 Å². The summed E-state index contributed by atoms with van der Waals surface area (Å²) in [4.78, 5) is 0. The molecule has 0 aromatic rings. The van der Waals surface area contributed by atoms with Crippen LogP contribution >= 0.6 is 0 Å². The summed E-state index contributed by atoms with van der Waals surface area (Å²) in [5.41, 5.74) is 0. The first-order valence-corrected chi connectivity index (χ1v) is 4.97. The molecule has 0 saturated carbocycles. The second kappa shape index (κ2) is 6.13. The lowest BCUT2D eigenvalue weighted by atomic mass is 9.94. The zero-order valence-corrected chi connectivity index (χ0v) is 7.95. The Morgan fingerprint density at radius 1 is 1.31 bits per heavy atom. The topological polar surface area (TPSA) is 52.5 Å². The van der Waals surface area contributed by atoms with E-state index in [1.54, 1.807) is 0 Å². The number of nitrogens with one attached hydrogen (secondary N) is 1. The summed E-state index contributed by atoms with van der Waals surface area (Å²) < 4.78 is 0. The first-order valence-electron chi connectivity index (χ1n) is 4.97. The van der Waals surface area contributed by atoms with Crippen molar-refractivity contribution in [3.05, 3.63) is 12.2 Å². The highest BCUT2D eigenvalue weighted by Gasteiger charge is 2.11. The maximum absolute atomic E-state index is 8.82. The highest BCUT2D eigenvalue weighted by Crippen LogP contribution is 2.16. The predicted octanol–water partition coefficient (Wildman–Crippen LogP) is 0.285. The molecule has 0 fully saturated rings. The Kier molecular flexibility index (Phi) is 5.05. The fourth-order valence-corrected chi connectivity index (χ4v) is 1.56. The quantitative estimate of drug-likeness (QED) is 0.539. The van der Waals surface area contributed by atoms with Crippen LogP contribution in [-0.2, 0) is 0 Å². The van der Waals surface area contributed by atoms with Crippen molar-refractivity contribution < 1.29 is 10.2 Å². The van der Waals surface area contributed by atoms with Crippen LogP contribution in [0.2, 0.25) is 0 Å². The molecule has 0 aliphatic heterocycles. The molecule has 0 saturated heterocycles. The molecule has 0 aromatic heterocycles. The molecular weight excluding hydrogens is 166 g/mol. The van der Waals surface area contributed by atoms with E-state index >= 15 is 0 Å². The van der Waals surface area contributed by atoms with Crippen molar-refractivity contribution in [3.8, 4) is 0 Å². The minimum Gasteiger partial charge on any atom is -0.395 e. The van der Waals surface area contributed by atoms with Gasteiger partial charge in [-0.05, 0) is 31.7 Å². The van der Waals surface area contributed by atoms with Crippen LogP contribution in [0.25, 0.3) is 0 Å². The zero-order valence-electron chi connectivity index (χ0n) is 7.95. The smallest absolute Gasteiger partial charge is 0.0607 e. The Hall–Kier alpha value is -0.380. The fourth-order valence-electron chi connectivity index (χ4n) is 1.56. The molecule has 13 heavy (non-hydrogen) atoms. The van der Waals surface area contributed by atoms with Crippen molar-refractivity contribution in [3.63, 3.8) is 0 Å². The third-order valence-electron chi connectivity index (χ3n) is 2.51. The summed E-state index contributed by atoms with van der Waals surface area (Å²) in [6.45, 7) is 0.925. The van der Waals surface area contributed by atoms with Crippen molar-refractivity contribution in [2.75, 3.05) is 19.8 Å². The average molecular weight is 185 g/mol. The number of hydrogen-bond acceptors (Lipinski definition) is 3. The van der Waals surface area contributed by atoms with Gasteiger partial charge in [0.2, 0.25) is 0 Å². The molecule has 76 valence electrons. The van der Waals surface area contributed by atoms with Gasteiger partial charge in [0.1, 0.15) is 0 Å². The van der Waals surface area contributed by atoms with E-state index in [1.807, 2.05) is 0 Å². The second-order valence-electron chi connectivity index (χ2n) is 3.62. The van der Waals surface area contributed by atoms with Gasteiger partial charge in [0, 0.05) is 0 Å². The van der Waals surface area contributed by atoms with Crippen LogP contribution in [0.1, 0.15) is 19.3 Å². The molecule has 0 amide bonds. The zero-order chi connectivity index (χ0) is 9.52. The van der Waals surface area contributed by atoms with Crippen molar-refractivity contribution in [1.82, 2.24) is 5.32 Å². The van der Waals surface area contributed by atoms with E-state index in [9.17, 15) is 0 Å². The largest absolute Gasteiger partial charge is 0.395 e. The Labute approximate surface area is 79.5 Å². The van der Waals surface area contributed by atoms with Gasteiger partial charge in [-0.2, -0.15) is 0 Å². The third kappa shape index (κ3) is 3.89. The normalized spacial score (nSPS) is 22.5. The number of aliphatic hydroxyl groups is 2. The van der Waals surface area contributed by atoms with Crippen molar-refractivity contribution in [2.45, 2.75) is 25.3 Å². The first kappa shape index (κ1) is 10.7. The second-order valence-corrected chi connectivity index (χ2v) is 3.62. The molecule has 3 nitrogen and oxygen atoms in total. The van der Waals surface area contributed by atoms with Crippen molar-refractivity contribution in [1.29, 1.82) is 0 Å². The van der Waals surface area contributed by atoms with Crippen molar-refractivity contribution >= 4 is 0 Å². The minimum absolute atomic E-state index is 0.0130. The van der Waals surface area contributed by atoms with Crippen LogP contribution in [0.5, 0.6) is 0 Å². The molecular formula is C10H19NO2. The fraction of sp³-hybridized carbons (Fsp3) is 0.800. The van der Waals surface area contributed by atoms with Gasteiger partial charge in [0.15, 0.2) is 0 Å². The summed E-state index contributed by atoms with van der Waals surface area (Å²) in [6.07, 6.45) is 7.92. The Balaban J connectivity index is 2.13. The molecule has 1 aliphatic carbocycles. The van der Waals surface area contributed by atoms with E-state index in [1.165, 1.54) is 6.42 Å². The van der Waals surface area contributed by atoms with E-state index in [0.717, 1.165) is 19.4 Å². The molecule has 1 rings (SSSR count). The van der Waals surface area contributed by atoms with Gasteiger partial charge < -0.3 is 15.5 Å².